The molecule has 3 rings (SSSR count). The molecule has 5 nitrogen and oxygen atoms in total. The summed E-state index contributed by atoms with van der Waals surface area (Å²) in [7, 11) is 1.53. The Morgan fingerprint density at radius 2 is 1.85 bits per heavy atom. The molecule has 0 saturated carbocycles. The average Bonchev–Trinajstić information content (AvgIpc) is 2.82. The first-order chi connectivity index (χ1) is 15.7. The largest absolute Gasteiger partial charge is 0.497 e. The molecular formula is C24H21F3N2O3S. The molecule has 172 valence electrons. The Labute approximate surface area is 193 Å². The quantitative estimate of drug-likeness (QED) is 0.640. The fraction of sp³-hybridized carbons (Fsp3) is 0.333. The standard InChI is InChI=1S/C24H21F3N2O3S/c1-32-20-6-2-16(3-7-20)8-11-23(31,18-9-12-33-13-10-18)22(30)29-19-5-4-17(15-28)21(14-19)24(25,26)27/h2-7,14,18,31H,9-10,12-13H2,1H3,(H,29,30). The number of hydrogen-bond acceptors (Lipinski definition) is 5. The molecular weight excluding hydrogens is 453 g/mol. The number of nitrogens with one attached hydrogen (secondary N) is 1. The van der Waals surface area contributed by atoms with E-state index < -0.39 is 34.7 Å². The van der Waals surface area contributed by atoms with E-state index in [1.165, 1.54) is 19.2 Å². The molecule has 2 aromatic carbocycles. The van der Waals surface area contributed by atoms with Crippen molar-refractivity contribution in [2.75, 3.05) is 23.9 Å². The van der Waals surface area contributed by atoms with E-state index in [9.17, 15) is 23.1 Å². The fourth-order valence-corrected chi connectivity index (χ4v) is 4.59. The van der Waals surface area contributed by atoms with Gasteiger partial charge in [0.05, 0.1) is 24.3 Å². The minimum atomic E-state index is -4.77. The van der Waals surface area contributed by atoms with Gasteiger partial charge in [-0.1, -0.05) is 11.8 Å². The van der Waals surface area contributed by atoms with Gasteiger partial charge in [-0.25, -0.2) is 0 Å². The number of nitriles is 1. The molecule has 0 aromatic heterocycles. The van der Waals surface area contributed by atoms with E-state index >= 15 is 0 Å². The predicted octanol–water partition coefficient (Wildman–Crippen LogP) is 4.45. The van der Waals surface area contributed by atoms with Crippen LogP contribution in [-0.4, -0.2) is 35.2 Å². The van der Waals surface area contributed by atoms with Crippen LogP contribution in [0.25, 0.3) is 0 Å². The Bertz CT molecular complexity index is 1110. The molecule has 0 aliphatic carbocycles. The fourth-order valence-electron chi connectivity index (χ4n) is 3.48. The van der Waals surface area contributed by atoms with E-state index in [0.717, 1.165) is 17.6 Å². The molecule has 1 unspecified atom stereocenters. The third kappa shape index (κ3) is 5.81. The van der Waals surface area contributed by atoms with Crippen molar-refractivity contribution in [3.8, 4) is 23.7 Å². The van der Waals surface area contributed by atoms with E-state index in [4.69, 9.17) is 10.00 Å². The molecule has 1 fully saturated rings. The van der Waals surface area contributed by atoms with Crippen LogP contribution < -0.4 is 10.1 Å². The summed E-state index contributed by atoms with van der Waals surface area (Å²) < 4.78 is 45.0. The lowest BCUT2D eigenvalue weighted by atomic mass is 9.82. The van der Waals surface area contributed by atoms with Gasteiger partial charge in [-0.15, -0.1) is 0 Å². The van der Waals surface area contributed by atoms with Crippen molar-refractivity contribution in [1.82, 2.24) is 0 Å². The molecule has 1 amide bonds. The first-order valence-electron chi connectivity index (χ1n) is 10.1. The molecule has 1 atom stereocenters. The highest BCUT2D eigenvalue weighted by Crippen LogP contribution is 2.35. The SMILES string of the molecule is COc1ccc(C#CC(O)(C(=O)Nc2ccc(C#N)c(C(F)(F)F)c2)C2CCSCC2)cc1. The van der Waals surface area contributed by atoms with Crippen molar-refractivity contribution in [2.45, 2.75) is 24.6 Å². The number of amides is 1. The number of carbonyl (C=O) groups is 1. The molecule has 1 aliphatic rings. The first kappa shape index (κ1) is 24.5. The van der Waals surface area contributed by atoms with Crippen LogP contribution in [0.3, 0.4) is 0 Å². The van der Waals surface area contributed by atoms with Gasteiger partial charge in [-0.3, -0.25) is 4.79 Å². The van der Waals surface area contributed by atoms with Gasteiger partial charge < -0.3 is 15.2 Å². The Balaban J connectivity index is 1.93. The number of alkyl halides is 3. The number of carbonyl (C=O) groups excluding carboxylic acids is 1. The van der Waals surface area contributed by atoms with Crippen LogP contribution >= 0.6 is 11.8 Å². The van der Waals surface area contributed by atoms with Gasteiger partial charge >= 0.3 is 6.18 Å². The number of thioether (sulfide) groups is 1. The van der Waals surface area contributed by atoms with Crippen LogP contribution in [0.15, 0.2) is 42.5 Å². The maximum Gasteiger partial charge on any atom is 0.417 e. The molecule has 2 aromatic rings. The van der Waals surface area contributed by atoms with Crippen molar-refractivity contribution >= 4 is 23.4 Å². The normalized spacial score (nSPS) is 16.0. The summed E-state index contributed by atoms with van der Waals surface area (Å²) in [4.78, 5) is 13.1. The lowest BCUT2D eigenvalue weighted by Gasteiger charge is -2.33. The Morgan fingerprint density at radius 3 is 2.42 bits per heavy atom. The summed E-state index contributed by atoms with van der Waals surface area (Å²) in [5.41, 5.74) is -3.46. The zero-order valence-electron chi connectivity index (χ0n) is 17.7. The van der Waals surface area contributed by atoms with Crippen molar-refractivity contribution < 1.29 is 27.8 Å². The molecule has 1 heterocycles. The summed E-state index contributed by atoms with van der Waals surface area (Å²) in [5.74, 6) is 6.19. The molecule has 9 heteroatoms. The molecule has 33 heavy (non-hydrogen) atoms. The van der Waals surface area contributed by atoms with Crippen LogP contribution in [0.1, 0.15) is 29.5 Å². The van der Waals surface area contributed by atoms with Gasteiger partial charge in [0.15, 0.2) is 0 Å². The van der Waals surface area contributed by atoms with Crippen LogP contribution in [0, 0.1) is 29.1 Å². The maximum absolute atomic E-state index is 13.3. The number of ether oxygens (including phenoxy) is 1. The molecule has 0 spiro atoms. The van der Waals surface area contributed by atoms with Crippen molar-refractivity contribution in [3.05, 3.63) is 59.2 Å². The van der Waals surface area contributed by atoms with E-state index in [1.807, 2.05) is 0 Å². The second kappa shape index (κ2) is 10.2. The maximum atomic E-state index is 13.3. The Morgan fingerprint density at radius 1 is 1.18 bits per heavy atom. The second-order valence-corrected chi connectivity index (χ2v) is 8.68. The van der Waals surface area contributed by atoms with Gasteiger partial charge in [-0.05, 0) is 66.8 Å². The molecule has 2 N–H and O–H groups in total. The van der Waals surface area contributed by atoms with Gasteiger partial charge in [0.25, 0.3) is 5.91 Å². The zero-order valence-corrected chi connectivity index (χ0v) is 18.5. The van der Waals surface area contributed by atoms with Gasteiger partial charge in [0.2, 0.25) is 5.60 Å². The first-order valence-corrected chi connectivity index (χ1v) is 11.2. The highest BCUT2D eigenvalue weighted by atomic mass is 32.2. The average molecular weight is 475 g/mol. The summed E-state index contributed by atoms with van der Waals surface area (Å²) in [6, 6.07) is 11.1. The third-order valence-electron chi connectivity index (χ3n) is 5.35. The van der Waals surface area contributed by atoms with Crippen molar-refractivity contribution in [3.63, 3.8) is 0 Å². The molecule has 0 radical (unpaired) electrons. The molecule has 1 aliphatic heterocycles. The Hall–Kier alpha value is -3.14. The van der Waals surface area contributed by atoms with Gasteiger partial charge in [0.1, 0.15) is 5.75 Å². The highest BCUT2D eigenvalue weighted by Gasteiger charge is 2.43. The van der Waals surface area contributed by atoms with Crippen LogP contribution in [0.2, 0.25) is 0 Å². The van der Waals surface area contributed by atoms with E-state index in [1.54, 1.807) is 36.0 Å². The summed E-state index contributed by atoms with van der Waals surface area (Å²) in [6.07, 6.45) is -3.70. The summed E-state index contributed by atoms with van der Waals surface area (Å²) in [5, 5.41) is 22.7. The van der Waals surface area contributed by atoms with Crippen molar-refractivity contribution in [1.29, 1.82) is 5.26 Å². The van der Waals surface area contributed by atoms with E-state index in [0.29, 0.717) is 30.2 Å². The summed E-state index contributed by atoms with van der Waals surface area (Å²) >= 11 is 1.70. The number of rotatable bonds is 4. The zero-order chi connectivity index (χ0) is 24.1. The summed E-state index contributed by atoms with van der Waals surface area (Å²) in [6.45, 7) is 0. The van der Waals surface area contributed by atoms with E-state index in [2.05, 4.69) is 17.2 Å². The number of aliphatic hydroxyl groups is 1. The van der Waals surface area contributed by atoms with Gasteiger partial charge in [0, 0.05) is 17.2 Å². The molecule has 0 bridgehead atoms. The Kier molecular flexibility index (Phi) is 7.57. The number of hydrogen-bond donors (Lipinski definition) is 2. The van der Waals surface area contributed by atoms with Crippen LogP contribution in [0.4, 0.5) is 18.9 Å². The highest BCUT2D eigenvalue weighted by molar-refractivity contribution is 7.99. The number of benzene rings is 2. The predicted molar refractivity (Wildman–Crippen MR) is 120 cm³/mol. The minimum Gasteiger partial charge on any atom is -0.497 e. The second-order valence-electron chi connectivity index (χ2n) is 7.46. The minimum absolute atomic E-state index is 0.179. The van der Waals surface area contributed by atoms with Gasteiger partial charge in [-0.2, -0.15) is 30.2 Å². The lowest BCUT2D eigenvalue weighted by molar-refractivity contribution is -0.138. The number of nitrogens with zero attached hydrogens (tertiary/aromatic N) is 1. The van der Waals surface area contributed by atoms with Crippen LogP contribution in [0.5, 0.6) is 5.75 Å². The monoisotopic (exact) mass is 474 g/mol. The number of anilines is 1. The van der Waals surface area contributed by atoms with Crippen LogP contribution in [-0.2, 0) is 11.0 Å². The lowest BCUT2D eigenvalue weighted by Crippen LogP contribution is -2.49. The smallest absolute Gasteiger partial charge is 0.417 e. The van der Waals surface area contributed by atoms with Crippen molar-refractivity contribution in [2.24, 2.45) is 5.92 Å². The topological polar surface area (TPSA) is 82.3 Å². The number of methoxy groups -OCH3 is 1. The molecule has 1 saturated heterocycles. The third-order valence-corrected chi connectivity index (χ3v) is 6.40. The van der Waals surface area contributed by atoms with E-state index in [-0.39, 0.29) is 5.69 Å². The number of halogens is 3.